The van der Waals surface area contributed by atoms with Crippen molar-refractivity contribution in [2.24, 2.45) is 0 Å². The van der Waals surface area contributed by atoms with E-state index in [2.05, 4.69) is 4.98 Å². The van der Waals surface area contributed by atoms with Crippen molar-refractivity contribution in [3.8, 4) is 0 Å². The van der Waals surface area contributed by atoms with Crippen molar-refractivity contribution in [3.05, 3.63) is 23.4 Å². The minimum atomic E-state index is -2.09. The quantitative estimate of drug-likeness (QED) is 0.453. The van der Waals surface area contributed by atoms with Crippen LogP contribution in [-0.4, -0.2) is 54.6 Å². The van der Waals surface area contributed by atoms with Crippen LogP contribution in [0.2, 0.25) is 5.02 Å². The fraction of sp³-hybridized carbons (Fsp3) is 0.455. The minimum absolute atomic E-state index is 0.199. The minimum Gasteiger partial charge on any atom is -0.479 e. The number of rotatable bonds is 3. The highest BCUT2D eigenvalue weighted by Gasteiger charge is 2.44. The molecular formula is C11H17BClNO6. The van der Waals surface area contributed by atoms with Gasteiger partial charge in [0.15, 0.2) is 5.60 Å². The Balaban J connectivity index is 0.000000361. The molecule has 9 heteroatoms. The molecule has 1 atom stereocenters. The molecule has 112 valence electrons. The van der Waals surface area contributed by atoms with Crippen molar-refractivity contribution in [3.63, 3.8) is 0 Å². The van der Waals surface area contributed by atoms with Gasteiger partial charge in [0.25, 0.3) is 0 Å². The van der Waals surface area contributed by atoms with Crippen LogP contribution in [0.4, 0.5) is 0 Å². The molecule has 0 aliphatic carbocycles. The van der Waals surface area contributed by atoms with E-state index in [1.165, 1.54) is 26.1 Å². The Kier molecular flexibility index (Phi) is 6.59. The highest BCUT2D eigenvalue weighted by Crippen LogP contribution is 2.20. The van der Waals surface area contributed by atoms with E-state index in [0.717, 1.165) is 6.92 Å². The molecule has 0 aliphatic heterocycles. The van der Waals surface area contributed by atoms with Crippen LogP contribution in [0.1, 0.15) is 20.8 Å². The van der Waals surface area contributed by atoms with Crippen molar-refractivity contribution in [1.82, 2.24) is 4.98 Å². The summed E-state index contributed by atoms with van der Waals surface area (Å²) in [6.07, 6.45) is 1.36. The van der Waals surface area contributed by atoms with Crippen LogP contribution in [0.25, 0.3) is 0 Å². The maximum Gasteiger partial charge on any atom is 0.508 e. The van der Waals surface area contributed by atoms with Gasteiger partial charge in [0.2, 0.25) is 0 Å². The van der Waals surface area contributed by atoms with Gasteiger partial charge in [0.05, 0.1) is 16.2 Å². The number of aliphatic hydroxyl groups is 2. The third-order valence-corrected chi connectivity index (χ3v) is 2.85. The van der Waals surface area contributed by atoms with Crippen LogP contribution < -0.4 is 5.59 Å². The van der Waals surface area contributed by atoms with Crippen molar-refractivity contribution in [2.75, 3.05) is 0 Å². The second kappa shape index (κ2) is 7.01. The Labute approximate surface area is 121 Å². The molecule has 0 fully saturated rings. The van der Waals surface area contributed by atoms with Gasteiger partial charge in [0, 0.05) is 6.20 Å². The zero-order valence-corrected chi connectivity index (χ0v) is 12.0. The summed E-state index contributed by atoms with van der Waals surface area (Å²) in [5, 5.41) is 44.1. The zero-order chi connectivity index (χ0) is 16.1. The molecule has 1 aromatic heterocycles. The summed E-state index contributed by atoms with van der Waals surface area (Å²) in [4.78, 5) is 13.9. The molecule has 20 heavy (non-hydrogen) atoms. The number of carboxylic acid groups (broad SMARTS) is 1. The average Bonchev–Trinajstić information content (AvgIpc) is 2.28. The highest BCUT2D eigenvalue weighted by molar-refractivity contribution is 6.57. The molecule has 0 amide bonds. The summed E-state index contributed by atoms with van der Waals surface area (Å²) in [5.74, 6) is -1.43. The molecule has 0 spiro atoms. The van der Waals surface area contributed by atoms with E-state index in [1.807, 2.05) is 0 Å². The van der Waals surface area contributed by atoms with Crippen LogP contribution in [-0.2, 0) is 4.79 Å². The Morgan fingerprint density at radius 2 is 1.75 bits per heavy atom. The lowest BCUT2D eigenvalue weighted by atomic mass is 9.86. The van der Waals surface area contributed by atoms with E-state index in [-0.39, 0.29) is 5.59 Å². The summed E-state index contributed by atoms with van der Waals surface area (Å²) in [7, 11) is -1.52. The Morgan fingerprint density at radius 3 is 1.95 bits per heavy atom. The monoisotopic (exact) mass is 305 g/mol. The van der Waals surface area contributed by atoms with E-state index in [4.69, 9.17) is 37.0 Å². The Hall–Kier alpha value is -1.19. The van der Waals surface area contributed by atoms with E-state index in [0.29, 0.717) is 5.02 Å². The third-order valence-electron chi connectivity index (χ3n) is 2.62. The number of hydrogen-bond acceptors (Lipinski definition) is 6. The molecule has 1 unspecified atom stereocenters. The van der Waals surface area contributed by atoms with Gasteiger partial charge in [-0.25, -0.2) is 4.79 Å². The van der Waals surface area contributed by atoms with Crippen molar-refractivity contribution >= 4 is 30.3 Å². The number of halogens is 1. The number of aliphatic carboxylic acids is 1. The molecule has 0 aromatic carbocycles. The predicted molar refractivity (Wildman–Crippen MR) is 73.6 cm³/mol. The highest BCUT2D eigenvalue weighted by atomic mass is 35.5. The van der Waals surface area contributed by atoms with E-state index < -0.39 is 24.3 Å². The molecule has 5 N–H and O–H groups in total. The third kappa shape index (κ3) is 5.44. The van der Waals surface area contributed by atoms with E-state index in [9.17, 15) is 4.79 Å². The van der Waals surface area contributed by atoms with Gasteiger partial charge in [-0.3, -0.25) is 4.98 Å². The molecule has 0 radical (unpaired) electrons. The van der Waals surface area contributed by atoms with Gasteiger partial charge in [0.1, 0.15) is 0 Å². The molecule has 0 bridgehead atoms. The smallest absolute Gasteiger partial charge is 0.479 e. The largest absolute Gasteiger partial charge is 0.508 e. The first-order valence-corrected chi connectivity index (χ1v) is 5.93. The molecule has 1 heterocycles. The van der Waals surface area contributed by atoms with Gasteiger partial charge in [-0.15, -0.1) is 0 Å². The van der Waals surface area contributed by atoms with Gasteiger partial charge in [-0.05, 0) is 32.9 Å². The number of carboxylic acids is 1. The molecule has 0 aliphatic rings. The lowest BCUT2D eigenvalue weighted by molar-refractivity contribution is -0.181. The maximum absolute atomic E-state index is 10.3. The summed E-state index contributed by atoms with van der Waals surface area (Å²) >= 11 is 5.49. The number of carbonyl (C=O) groups is 1. The van der Waals surface area contributed by atoms with Crippen LogP contribution >= 0.6 is 11.6 Å². The fourth-order valence-corrected chi connectivity index (χ4v) is 0.913. The van der Waals surface area contributed by atoms with Crippen molar-refractivity contribution < 1.29 is 30.2 Å². The molecule has 7 nitrogen and oxygen atoms in total. The first-order chi connectivity index (χ1) is 8.89. The first-order valence-electron chi connectivity index (χ1n) is 5.55. The summed E-state index contributed by atoms with van der Waals surface area (Å²) in [6.45, 7) is 3.53. The fourth-order valence-electron chi connectivity index (χ4n) is 0.802. The van der Waals surface area contributed by atoms with Gasteiger partial charge in [-0.2, -0.15) is 0 Å². The topological polar surface area (TPSA) is 131 Å². The number of pyridine rings is 1. The van der Waals surface area contributed by atoms with E-state index in [1.54, 1.807) is 6.07 Å². The van der Waals surface area contributed by atoms with Crippen LogP contribution in [0.15, 0.2) is 18.3 Å². The number of nitrogens with zero attached hydrogens (tertiary/aromatic N) is 1. The van der Waals surface area contributed by atoms with E-state index >= 15 is 0 Å². The first kappa shape index (κ1) is 18.8. The van der Waals surface area contributed by atoms with Gasteiger partial charge < -0.3 is 25.4 Å². The van der Waals surface area contributed by atoms with Crippen molar-refractivity contribution in [2.45, 2.75) is 32.0 Å². The molecular weight excluding hydrogens is 288 g/mol. The molecule has 1 aromatic rings. The van der Waals surface area contributed by atoms with Crippen LogP contribution in [0, 0.1) is 0 Å². The summed E-state index contributed by atoms with van der Waals surface area (Å²) in [6, 6.07) is 3.00. The predicted octanol–water partition coefficient (Wildman–Crippen LogP) is -0.992. The standard InChI is InChI=1S/C6H12O4.C5H5BClNO2/c1-5(2,9)6(3,10)4(7)8;7-4-1-2-5(6(9)10)8-3-4/h9-10H,1-3H3,(H,7,8);1-3,9-10H. The van der Waals surface area contributed by atoms with Crippen LogP contribution in [0.5, 0.6) is 0 Å². The lowest BCUT2D eigenvalue weighted by Gasteiger charge is -2.30. The average molecular weight is 306 g/mol. The summed E-state index contributed by atoms with van der Waals surface area (Å²) < 4.78 is 0. The molecule has 0 saturated heterocycles. The number of hydrogen-bond donors (Lipinski definition) is 5. The second-order valence-corrected chi connectivity index (χ2v) is 5.15. The number of aromatic nitrogens is 1. The van der Waals surface area contributed by atoms with Crippen molar-refractivity contribution in [1.29, 1.82) is 0 Å². The Morgan fingerprint density at radius 1 is 1.25 bits per heavy atom. The normalized spacial score (nSPS) is 13.8. The second-order valence-electron chi connectivity index (χ2n) is 4.71. The molecule has 0 saturated carbocycles. The summed E-state index contributed by atoms with van der Waals surface area (Å²) in [5.41, 5.74) is -3.52. The lowest BCUT2D eigenvalue weighted by Crippen LogP contribution is -2.53. The van der Waals surface area contributed by atoms with Gasteiger partial charge in [-0.1, -0.05) is 11.6 Å². The SMILES string of the molecule is CC(C)(O)C(C)(O)C(=O)O.OB(O)c1ccc(Cl)cn1. The maximum atomic E-state index is 10.3. The zero-order valence-electron chi connectivity index (χ0n) is 11.3. The molecule has 1 rings (SSSR count). The Bertz CT molecular complexity index is 443. The van der Waals surface area contributed by atoms with Gasteiger partial charge >= 0.3 is 13.1 Å². The van der Waals surface area contributed by atoms with Crippen LogP contribution in [0.3, 0.4) is 0 Å².